The quantitative estimate of drug-likeness (QED) is 0.411. The van der Waals surface area contributed by atoms with Crippen molar-refractivity contribution in [3.63, 3.8) is 0 Å². The van der Waals surface area contributed by atoms with Gasteiger partial charge in [0, 0.05) is 13.1 Å². The van der Waals surface area contributed by atoms with Gasteiger partial charge in [-0.1, -0.05) is 67.9 Å². The van der Waals surface area contributed by atoms with Crippen LogP contribution in [0.15, 0.2) is 77.7 Å². The Labute approximate surface area is 191 Å². The predicted molar refractivity (Wildman–Crippen MR) is 127 cm³/mol. The largest absolute Gasteiger partial charge is 0.493 e. The van der Waals surface area contributed by atoms with Gasteiger partial charge in [0.1, 0.15) is 6.61 Å². The van der Waals surface area contributed by atoms with E-state index >= 15 is 0 Å². The van der Waals surface area contributed by atoms with Gasteiger partial charge in [0.2, 0.25) is 10.0 Å². The van der Waals surface area contributed by atoms with Crippen molar-refractivity contribution in [2.45, 2.75) is 38.8 Å². The molecule has 0 amide bonds. The molecule has 3 aromatic carbocycles. The third-order valence-corrected chi connectivity index (χ3v) is 6.88. The summed E-state index contributed by atoms with van der Waals surface area (Å²) >= 11 is 0. The molecule has 6 heteroatoms. The van der Waals surface area contributed by atoms with Crippen LogP contribution in [0.1, 0.15) is 30.5 Å². The molecule has 0 spiro atoms. The Hall–Kier alpha value is -2.83. The molecular formula is C26H31NO4S. The molecule has 0 fully saturated rings. The van der Waals surface area contributed by atoms with Gasteiger partial charge in [-0.05, 0) is 48.2 Å². The molecule has 0 saturated carbocycles. The lowest BCUT2D eigenvalue weighted by molar-refractivity contribution is 0.284. The molecule has 3 rings (SSSR count). The smallest absolute Gasteiger partial charge is 0.243 e. The minimum atomic E-state index is -3.63. The molecule has 32 heavy (non-hydrogen) atoms. The minimum absolute atomic E-state index is 0.186. The molecule has 0 unspecified atom stereocenters. The summed E-state index contributed by atoms with van der Waals surface area (Å²) in [6, 6.07) is 22.5. The Kier molecular flexibility index (Phi) is 7.94. The van der Waals surface area contributed by atoms with Crippen molar-refractivity contribution in [3.8, 4) is 11.5 Å². The summed E-state index contributed by atoms with van der Waals surface area (Å²) in [5, 5.41) is 0. The van der Waals surface area contributed by atoms with Crippen molar-refractivity contribution in [2.24, 2.45) is 5.92 Å². The van der Waals surface area contributed by atoms with Crippen LogP contribution < -0.4 is 9.47 Å². The fraction of sp³-hybridized carbons (Fsp3) is 0.308. The Balaban J connectivity index is 1.82. The van der Waals surface area contributed by atoms with Crippen LogP contribution in [0.4, 0.5) is 0 Å². The number of sulfonamides is 1. The molecule has 0 aliphatic carbocycles. The number of benzene rings is 3. The SMILES string of the molecule is COc1cc(CN(CC(C)C)S(=O)(=O)c2ccc(C)cc2)ccc1OCc1ccccc1. The standard InChI is InChI=1S/C26H31NO4S/c1-20(2)17-27(32(28,29)24-13-10-21(3)11-14-24)18-23-12-15-25(26(16-23)30-4)31-19-22-8-6-5-7-9-22/h5-16,20H,17-19H2,1-4H3. The van der Waals surface area contributed by atoms with Crippen molar-refractivity contribution < 1.29 is 17.9 Å². The zero-order valence-electron chi connectivity index (χ0n) is 19.1. The molecule has 170 valence electrons. The first-order chi connectivity index (χ1) is 15.3. The lowest BCUT2D eigenvalue weighted by Crippen LogP contribution is -2.33. The Bertz CT molecular complexity index is 1110. The fourth-order valence-corrected chi connectivity index (χ4v) is 4.97. The van der Waals surface area contributed by atoms with E-state index in [4.69, 9.17) is 9.47 Å². The van der Waals surface area contributed by atoms with Crippen LogP contribution in [0.25, 0.3) is 0 Å². The lowest BCUT2D eigenvalue weighted by atomic mass is 10.1. The van der Waals surface area contributed by atoms with Gasteiger partial charge in [-0.15, -0.1) is 0 Å². The van der Waals surface area contributed by atoms with Gasteiger partial charge in [-0.3, -0.25) is 0 Å². The highest BCUT2D eigenvalue weighted by Crippen LogP contribution is 2.30. The van der Waals surface area contributed by atoms with Crippen molar-refractivity contribution in [1.82, 2.24) is 4.31 Å². The first-order valence-corrected chi connectivity index (χ1v) is 12.1. The molecule has 0 heterocycles. The maximum absolute atomic E-state index is 13.3. The van der Waals surface area contributed by atoms with Crippen LogP contribution in [0, 0.1) is 12.8 Å². The van der Waals surface area contributed by atoms with E-state index < -0.39 is 10.0 Å². The van der Waals surface area contributed by atoms with E-state index in [-0.39, 0.29) is 12.5 Å². The van der Waals surface area contributed by atoms with E-state index in [0.29, 0.717) is 29.5 Å². The van der Waals surface area contributed by atoms with Crippen molar-refractivity contribution in [2.75, 3.05) is 13.7 Å². The third kappa shape index (κ3) is 6.11. The monoisotopic (exact) mass is 453 g/mol. The number of ether oxygens (including phenoxy) is 2. The van der Waals surface area contributed by atoms with Crippen LogP contribution in [0.3, 0.4) is 0 Å². The van der Waals surface area contributed by atoms with Gasteiger partial charge in [0.15, 0.2) is 11.5 Å². The molecule has 0 bridgehead atoms. The number of aryl methyl sites for hydroxylation is 1. The van der Waals surface area contributed by atoms with Gasteiger partial charge in [0.25, 0.3) is 0 Å². The maximum Gasteiger partial charge on any atom is 0.243 e. The van der Waals surface area contributed by atoms with Crippen LogP contribution >= 0.6 is 0 Å². The molecule has 0 aliphatic rings. The van der Waals surface area contributed by atoms with Gasteiger partial charge in [-0.25, -0.2) is 8.42 Å². The van der Waals surface area contributed by atoms with Crippen LogP contribution in [0.5, 0.6) is 11.5 Å². The Morgan fingerprint density at radius 3 is 2.19 bits per heavy atom. The molecule has 0 atom stereocenters. The normalized spacial score (nSPS) is 11.7. The van der Waals surface area contributed by atoms with Crippen molar-refractivity contribution >= 4 is 10.0 Å². The molecule has 0 saturated heterocycles. The Morgan fingerprint density at radius 1 is 0.875 bits per heavy atom. The topological polar surface area (TPSA) is 55.8 Å². The molecule has 0 N–H and O–H groups in total. The van der Waals surface area contributed by atoms with Crippen molar-refractivity contribution in [3.05, 3.63) is 89.5 Å². The van der Waals surface area contributed by atoms with E-state index in [9.17, 15) is 8.42 Å². The summed E-state index contributed by atoms with van der Waals surface area (Å²) in [6.45, 7) is 7.07. The molecule has 0 aliphatic heterocycles. The zero-order chi connectivity index (χ0) is 23.1. The number of hydrogen-bond acceptors (Lipinski definition) is 4. The predicted octanol–water partition coefficient (Wildman–Crippen LogP) is 5.43. The van der Waals surface area contributed by atoms with E-state index in [1.54, 1.807) is 19.2 Å². The molecule has 5 nitrogen and oxygen atoms in total. The fourth-order valence-electron chi connectivity index (χ4n) is 3.38. The van der Waals surface area contributed by atoms with Gasteiger partial charge in [0.05, 0.1) is 12.0 Å². The second kappa shape index (κ2) is 10.7. The highest BCUT2D eigenvalue weighted by Gasteiger charge is 2.25. The summed E-state index contributed by atoms with van der Waals surface area (Å²) in [7, 11) is -2.04. The van der Waals surface area contributed by atoms with E-state index in [2.05, 4.69) is 0 Å². The van der Waals surface area contributed by atoms with Crippen molar-refractivity contribution in [1.29, 1.82) is 0 Å². The first-order valence-electron chi connectivity index (χ1n) is 10.7. The lowest BCUT2D eigenvalue weighted by Gasteiger charge is -2.24. The summed E-state index contributed by atoms with van der Waals surface area (Å²) < 4.78 is 39.7. The third-order valence-electron chi connectivity index (χ3n) is 5.05. The first kappa shape index (κ1) is 23.8. The number of methoxy groups -OCH3 is 1. The number of nitrogens with zero attached hydrogens (tertiary/aromatic N) is 1. The van der Waals surface area contributed by atoms with E-state index in [1.165, 1.54) is 4.31 Å². The number of hydrogen-bond donors (Lipinski definition) is 0. The van der Waals surface area contributed by atoms with Gasteiger partial charge in [-0.2, -0.15) is 4.31 Å². The summed E-state index contributed by atoms with van der Waals surface area (Å²) in [5.74, 6) is 1.39. The van der Waals surface area contributed by atoms with Gasteiger partial charge < -0.3 is 9.47 Å². The number of rotatable bonds is 10. The van der Waals surface area contributed by atoms with E-state index in [1.807, 2.05) is 81.4 Å². The van der Waals surface area contributed by atoms with Crippen LogP contribution in [-0.4, -0.2) is 26.4 Å². The van der Waals surface area contributed by atoms with Crippen LogP contribution in [-0.2, 0) is 23.2 Å². The molecular weight excluding hydrogens is 422 g/mol. The highest BCUT2D eigenvalue weighted by atomic mass is 32.2. The molecule has 0 aromatic heterocycles. The second-order valence-electron chi connectivity index (χ2n) is 8.26. The second-order valence-corrected chi connectivity index (χ2v) is 10.2. The molecule has 3 aromatic rings. The molecule has 0 radical (unpaired) electrons. The summed E-state index contributed by atoms with van der Waals surface area (Å²) in [6.07, 6.45) is 0. The minimum Gasteiger partial charge on any atom is -0.493 e. The highest BCUT2D eigenvalue weighted by molar-refractivity contribution is 7.89. The average Bonchev–Trinajstić information content (AvgIpc) is 2.78. The van der Waals surface area contributed by atoms with Gasteiger partial charge >= 0.3 is 0 Å². The average molecular weight is 454 g/mol. The maximum atomic E-state index is 13.3. The van der Waals surface area contributed by atoms with Crippen LogP contribution in [0.2, 0.25) is 0 Å². The zero-order valence-corrected chi connectivity index (χ0v) is 19.9. The summed E-state index contributed by atoms with van der Waals surface area (Å²) in [5.41, 5.74) is 2.92. The summed E-state index contributed by atoms with van der Waals surface area (Å²) in [4.78, 5) is 0.304. The van der Waals surface area contributed by atoms with E-state index in [0.717, 1.165) is 16.7 Å². The Morgan fingerprint density at radius 2 is 1.56 bits per heavy atom.